The van der Waals surface area contributed by atoms with Crippen molar-refractivity contribution in [2.24, 2.45) is 0 Å². The van der Waals surface area contributed by atoms with Crippen LogP contribution in [0.5, 0.6) is 5.75 Å². The SMILES string of the molecule is Cc1cccc(OCCCOn2nnc3ccc(S(=O)(=O)N4CCOCC4)cc32)c1. The minimum Gasteiger partial charge on any atom is -0.493 e. The molecule has 0 bridgehead atoms. The third-order valence-corrected chi connectivity index (χ3v) is 6.65. The van der Waals surface area contributed by atoms with Crippen molar-refractivity contribution in [2.45, 2.75) is 18.2 Å². The van der Waals surface area contributed by atoms with Gasteiger partial charge >= 0.3 is 0 Å². The highest BCUT2D eigenvalue weighted by Gasteiger charge is 2.27. The molecule has 0 atom stereocenters. The van der Waals surface area contributed by atoms with Crippen molar-refractivity contribution in [3.05, 3.63) is 48.0 Å². The summed E-state index contributed by atoms with van der Waals surface area (Å²) in [6.45, 7) is 4.34. The molecule has 0 spiro atoms. The van der Waals surface area contributed by atoms with Gasteiger partial charge in [0, 0.05) is 19.5 Å². The first-order chi connectivity index (χ1) is 14.5. The van der Waals surface area contributed by atoms with E-state index in [2.05, 4.69) is 10.3 Å². The number of ether oxygens (including phenoxy) is 2. The van der Waals surface area contributed by atoms with Crippen LogP contribution in [0.4, 0.5) is 0 Å². The summed E-state index contributed by atoms with van der Waals surface area (Å²) in [4.78, 5) is 7.12. The number of benzene rings is 2. The molecule has 9 nitrogen and oxygen atoms in total. The molecule has 10 heteroatoms. The largest absolute Gasteiger partial charge is 0.493 e. The summed E-state index contributed by atoms with van der Waals surface area (Å²) in [5, 5.41) is 8.01. The third kappa shape index (κ3) is 4.55. The number of hydrogen-bond donors (Lipinski definition) is 0. The topological polar surface area (TPSA) is 95.8 Å². The first kappa shape index (κ1) is 20.6. The minimum absolute atomic E-state index is 0.187. The number of rotatable bonds is 8. The number of fused-ring (bicyclic) bond motifs is 1. The molecule has 2 heterocycles. The van der Waals surface area contributed by atoms with E-state index in [0.717, 1.165) is 11.3 Å². The summed E-state index contributed by atoms with van der Waals surface area (Å²) >= 11 is 0. The molecule has 1 fully saturated rings. The van der Waals surface area contributed by atoms with Crippen LogP contribution in [0.1, 0.15) is 12.0 Å². The molecule has 0 aliphatic carbocycles. The van der Waals surface area contributed by atoms with Gasteiger partial charge in [-0.1, -0.05) is 17.0 Å². The fourth-order valence-corrected chi connectivity index (χ4v) is 4.60. The van der Waals surface area contributed by atoms with E-state index in [4.69, 9.17) is 14.3 Å². The zero-order valence-electron chi connectivity index (χ0n) is 16.7. The Bertz CT molecular complexity index is 1110. The number of morpholine rings is 1. The van der Waals surface area contributed by atoms with E-state index in [-0.39, 0.29) is 4.90 Å². The van der Waals surface area contributed by atoms with Gasteiger partial charge in [0.1, 0.15) is 23.4 Å². The van der Waals surface area contributed by atoms with Gasteiger partial charge in [-0.15, -0.1) is 5.10 Å². The third-order valence-electron chi connectivity index (χ3n) is 4.75. The monoisotopic (exact) mass is 432 g/mol. The molecule has 4 rings (SSSR count). The van der Waals surface area contributed by atoms with Crippen molar-refractivity contribution in [1.29, 1.82) is 0 Å². The van der Waals surface area contributed by atoms with E-state index < -0.39 is 10.0 Å². The van der Waals surface area contributed by atoms with Crippen molar-refractivity contribution in [3.63, 3.8) is 0 Å². The van der Waals surface area contributed by atoms with Gasteiger partial charge in [-0.3, -0.25) is 0 Å². The molecule has 3 aromatic rings. The number of aromatic nitrogens is 3. The van der Waals surface area contributed by atoms with Crippen LogP contribution in [0.3, 0.4) is 0 Å². The summed E-state index contributed by atoms with van der Waals surface area (Å²) in [5.74, 6) is 0.819. The van der Waals surface area contributed by atoms with E-state index >= 15 is 0 Å². The summed E-state index contributed by atoms with van der Waals surface area (Å²) < 4.78 is 38.1. The molecule has 0 saturated carbocycles. The van der Waals surface area contributed by atoms with Gasteiger partial charge in [0.2, 0.25) is 10.0 Å². The second-order valence-electron chi connectivity index (χ2n) is 6.98. The van der Waals surface area contributed by atoms with Crippen molar-refractivity contribution >= 4 is 21.1 Å². The van der Waals surface area contributed by atoms with Crippen LogP contribution in [0.15, 0.2) is 47.4 Å². The van der Waals surface area contributed by atoms with Gasteiger partial charge in [0.15, 0.2) is 0 Å². The van der Waals surface area contributed by atoms with Gasteiger partial charge < -0.3 is 14.3 Å². The van der Waals surface area contributed by atoms with Gasteiger partial charge in [-0.2, -0.15) is 4.31 Å². The normalized spacial score (nSPS) is 15.4. The van der Waals surface area contributed by atoms with Gasteiger partial charge in [-0.25, -0.2) is 8.42 Å². The Morgan fingerprint density at radius 3 is 2.73 bits per heavy atom. The Hall–Kier alpha value is -2.69. The van der Waals surface area contributed by atoms with Crippen molar-refractivity contribution in [1.82, 2.24) is 19.5 Å². The molecule has 160 valence electrons. The summed E-state index contributed by atoms with van der Waals surface area (Å²) in [5.41, 5.74) is 2.21. The Labute approximate surface area is 175 Å². The number of hydrogen-bond acceptors (Lipinski definition) is 7. The second kappa shape index (κ2) is 8.99. The highest BCUT2D eigenvalue weighted by Crippen LogP contribution is 2.21. The van der Waals surface area contributed by atoms with Crippen LogP contribution in [0.2, 0.25) is 0 Å². The van der Waals surface area contributed by atoms with Gasteiger partial charge in [0.05, 0.1) is 24.7 Å². The Balaban J connectivity index is 1.39. The predicted molar refractivity (Wildman–Crippen MR) is 110 cm³/mol. The maximum atomic E-state index is 12.9. The lowest BCUT2D eigenvalue weighted by Crippen LogP contribution is -2.40. The molecule has 0 unspecified atom stereocenters. The average molecular weight is 433 g/mol. The number of nitrogens with zero attached hydrogens (tertiary/aromatic N) is 4. The molecule has 0 N–H and O–H groups in total. The zero-order valence-corrected chi connectivity index (χ0v) is 17.5. The fraction of sp³-hybridized carbons (Fsp3) is 0.400. The van der Waals surface area contributed by atoms with E-state index in [1.165, 1.54) is 9.15 Å². The predicted octanol–water partition coefficient (Wildman–Crippen LogP) is 1.66. The summed E-state index contributed by atoms with van der Waals surface area (Å²) in [6, 6.07) is 12.6. The molecule has 1 saturated heterocycles. The van der Waals surface area contributed by atoms with Crippen LogP contribution >= 0.6 is 0 Å². The zero-order chi connectivity index (χ0) is 21.0. The maximum Gasteiger partial charge on any atom is 0.243 e. The van der Waals surface area contributed by atoms with Crippen LogP contribution < -0.4 is 9.57 Å². The molecule has 2 aromatic carbocycles. The highest BCUT2D eigenvalue weighted by molar-refractivity contribution is 7.89. The van der Waals surface area contributed by atoms with E-state index in [1.807, 2.05) is 31.2 Å². The van der Waals surface area contributed by atoms with Crippen LogP contribution in [0.25, 0.3) is 11.0 Å². The average Bonchev–Trinajstić information content (AvgIpc) is 3.16. The number of sulfonamides is 1. The lowest BCUT2D eigenvalue weighted by molar-refractivity contribution is 0.0730. The molecule has 1 aliphatic heterocycles. The first-order valence-corrected chi connectivity index (χ1v) is 11.2. The maximum absolute atomic E-state index is 12.9. The quantitative estimate of drug-likeness (QED) is 0.500. The highest BCUT2D eigenvalue weighted by atomic mass is 32.2. The Morgan fingerprint density at radius 1 is 1.10 bits per heavy atom. The van der Waals surface area contributed by atoms with Crippen LogP contribution in [-0.4, -0.2) is 67.4 Å². The van der Waals surface area contributed by atoms with E-state index in [1.54, 1.807) is 18.2 Å². The van der Waals surface area contributed by atoms with Crippen molar-refractivity contribution in [3.8, 4) is 5.75 Å². The van der Waals surface area contributed by atoms with Crippen molar-refractivity contribution < 1.29 is 22.7 Å². The minimum atomic E-state index is -3.60. The van der Waals surface area contributed by atoms with Crippen LogP contribution in [-0.2, 0) is 14.8 Å². The standard InChI is InChI=1S/C20H24N4O5S/c1-16-4-2-5-17(14-16)28-10-3-11-29-24-20-15-18(6-7-19(20)21-22-24)30(25,26)23-8-12-27-13-9-23/h2,4-7,14-15H,3,8-13H2,1H3. The lowest BCUT2D eigenvalue weighted by Gasteiger charge is -2.26. The molecule has 1 aliphatic rings. The Kier molecular flexibility index (Phi) is 6.16. The molecule has 30 heavy (non-hydrogen) atoms. The smallest absolute Gasteiger partial charge is 0.243 e. The molecule has 0 radical (unpaired) electrons. The summed E-state index contributed by atoms with van der Waals surface area (Å²) in [6.07, 6.45) is 0.640. The molecule has 1 aromatic heterocycles. The van der Waals surface area contributed by atoms with Gasteiger partial charge in [0.25, 0.3) is 0 Å². The summed E-state index contributed by atoms with van der Waals surface area (Å²) in [7, 11) is -3.60. The van der Waals surface area contributed by atoms with Crippen molar-refractivity contribution in [2.75, 3.05) is 39.5 Å². The fourth-order valence-electron chi connectivity index (χ4n) is 3.17. The van der Waals surface area contributed by atoms with E-state index in [0.29, 0.717) is 57.0 Å². The first-order valence-electron chi connectivity index (χ1n) is 9.80. The Morgan fingerprint density at radius 2 is 1.93 bits per heavy atom. The molecular formula is C20H24N4O5S. The van der Waals surface area contributed by atoms with E-state index in [9.17, 15) is 8.42 Å². The number of aryl methyl sites for hydroxylation is 1. The lowest BCUT2D eigenvalue weighted by atomic mass is 10.2. The molecule has 0 amide bonds. The van der Waals surface area contributed by atoms with Gasteiger partial charge in [-0.05, 0) is 48.0 Å². The van der Waals surface area contributed by atoms with Crippen LogP contribution in [0, 0.1) is 6.92 Å². The molecular weight excluding hydrogens is 408 g/mol. The second-order valence-corrected chi connectivity index (χ2v) is 8.92.